The summed E-state index contributed by atoms with van der Waals surface area (Å²) in [6.45, 7) is 0. The van der Waals surface area contributed by atoms with Crippen molar-refractivity contribution in [2.75, 3.05) is 11.6 Å². The fourth-order valence-corrected chi connectivity index (χ4v) is 1.59. The fraction of sp³-hybridized carbons (Fsp3) is 0.375. The van der Waals surface area contributed by atoms with Crippen LogP contribution in [-0.2, 0) is 6.18 Å². The zero-order valence-electron chi connectivity index (χ0n) is 7.01. The summed E-state index contributed by atoms with van der Waals surface area (Å²) in [6, 6.07) is 2.36. The first-order valence-corrected chi connectivity index (χ1v) is 5.28. The third-order valence-corrected chi connectivity index (χ3v) is 2.75. The minimum Gasteiger partial charge on any atom is -0.249 e. The Balaban J connectivity index is 2.69. The van der Waals surface area contributed by atoms with Crippen LogP contribution >= 0.6 is 23.4 Å². The Morgan fingerprint density at radius 1 is 1.36 bits per heavy atom. The molecule has 0 saturated heterocycles. The van der Waals surface area contributed by atoms with Crippen LogP contribution in [0.5, 0.6) is 0 Å². The van der Waals surface area contributed by atoms with E-state index in [0.29, 0.717) is 16.7 Å². The molecule has 0 aliphatic rings. The van der Waals surface area contributed by atoms with Gasteiger partial charge in [0.15, 0.2) is 0 Å². The summed E-state index contributed by atoms with van der Waals surface area (Å²) in [6.07, 6.45) is -3.49. The minimum absolute atomic E-state index is 0.452. The molecule has 0 bridgehead atoms. The average molecular weight is 242 g/mol. The largest absolute Gasteiger partial charge is 0.417 e. The summed E-state index contributed by atoms with van der Waals surface area (Å²) in [5.41, 5.74) is -0.729. The van der Waals surface area contributed by atoms with Gasteiger partial charge in [-0.1, -0.05) is 0 Å². The van der Waals surface area contributed by atoms with E-state index < -0.39 is 11.7 Å². The zero-order chi connectivity index (χ0) is 10.6. The summed E-state index contributed by atoms with van der Waals surface area (Å²) in [4.78, 5) is 3.67. The maximum absolute atomic E-state index is 12.1. The van der Waals surface area contributed by atoms with Crippen LogP contribution in [0.3, 0.4) is 0 Å². The Labute approximate surface area is 88.7 Å². The van der Waals surface area contributed by atoms with Gasteiger partial charge in [-0.2, -0.15) is 13.2 Å². The molecule has 0 N–H and O–H groups in total. The molecule has 1 rings (SSSR count). The molecule has 0 aliphatic heterocycles. The number of alkyl halides is 4. The summed E-state index contributed by atoms with van der Waals surface area (Å²) >= 11 is 6.76. The number of pyridine rings is 1. The van der Waals surface area contributed by atoms with E-state index in [4.69, 9.17) is 11.6 Å². The third kappa shape index (κ3) is 3.38. The molecule has 0 fully saturated rings. The third-order valence-electron chi connectivity index (χ3n) is 1.39. The highest BCUT2D eigenvalue weighted by molar-refractivity contribution is 7.99. The predicted octanol–water partition coefficient (Wildman–Crippen LogP) is 3.43. The molecule has 0 unspecified atom stereocenters. The van der Waals surface area contributed by atoms with Crippen LogP contribution < -0.4 is 0 Å². The smallest absolute Gasteiger partial charge is 0.249 e. The van der Waals surface area contributed by atoms with Gasteiger partial charge < -0.3 is 0 Å². The molecular formula is C8H7ClF3NS. The van der Waals surface area contributed by atoms with Gasteiger partial charge in [-0.15, -0.1) is 23.4 Å². The summed E-state index contributed by atoms with van der Waals surface area (Å²) in [7, 11) is 0. The van der Waals surface area contributed by atoms with E-state index in [0.717, 1.165) is 12.3 Å². The van der Waals surface area contributed by atoms with E-state index in [1.54, 1.807) is 0 Å². The number of rotatable bonds is 3. The van der Waals surface area contributed by atoms with Crippen molar-refractivity contribution in [3.63, 3.8) is 0 Å². The lowest BCUT2D eigenvalue weighted by molar-refractivity contribution is -0.137. The van der Waals surface area contributed by atoms with E-state index in [2.05, 4.69) is 4.98 Å². The quantitative estimate of drug-likeness (QED) is 0.594. The molecule has 0 saturated carbocycles. The van der Waals surface area contributed by atoms with Gasteiger partial charge in [0.2, 0.25) is 0 Å². The van der Waals surface area contributed by atoms with Gasteiger partial charge in [-0.05, 0) is 12.1 Å². The van der Waals surface area contributed by atoms with E-state index in [9.17, 15) is 13.2 Å². The lowest BCUT2D eigenvalue weighted by Gasteiger charge is -2.05. The molecule has 0 aromatic carbocycles. The normalized spacial score (nSPS) is 11.7. The van der Waals surface area contributed by atoms with E-state index in [-0.39, 0.29) is 0 Å². The Morgan fingerprint density at radius 3 is 2.50 bits per heavy atom. The first-order chi connectivity index (χ1) is 6.54. The Kier molecular flexibility index (Phi) is 4.07. The van der Waals surface area contributed by atoms with Crippen molar-refractivity contribution in [3.05, 3.63) is 23.9 Å². The number of hydrogen-bond acceptors (Lipinski definition) is 2. The fourth-order valence-electron chi connectivity index (χ4n) is 0.777. The Morgan fingerprint density at radius 2 is 2.07 bits per heavy atom. The maximum Gasteiger partial charge on any atom is 0.417 e. The van der Waals surface area contributed by atoms with Crippen LogP contribution in [-0.4, -0.2) is 16.6 Å². The second-order valence-corrected chi connectivity index (χ2v) is 3.91. The Hall–Kier alpha value is -0.420. The number of thioether (sulfide) groups is 1. The van der Waals surface area contributed by atoms with Gasteiger partial charge in [-0.25, -0.2) is 4.98 Å². The molecule has 0 atom stereocenters. The molecule has 78 valence electrons. The van der Waals surface area contributed by atoms with Gasteiger partial charge in [-0.3, -0.25) is 0 Å². The summed E-state index contributed by atoms with van der Waals surface area (Å²) in [5, 5.41) is 0.554. The van der Waals surface area contributed by atoms with Gasteiger partial charge in [0, 0.05) is 17.8 Å². The first kappa shape index (κ1) is 11.7. The van der Waals surface area contributed by atoms with Crippen LogP contribution in [0.15, 0.2) is 23.4 Å². The van der Waals surface area contributed by atoms with Gasteiger partial charge >= 0.3 is 6.18 Å². The van der Waals surface area contributed by atoms with Gasteiger partial charge in [0.1, 0.15) is 0 Å². The van der Waals surface area contributed by atoms with Crippen LogP contribution in [0.2, 0.25) is 0 Å². The minimum atomic E-state index is -4.32. The van der Waals surface area contributed by atoms with Crippen molar-refractivity contribution < 1.29 is 13.2 Å². The lowest BCUT2D eigenvalue weighted by atomic mass is 10.3. The van der Waals surface area contributed by atoms with Crippen molar-refractivity contribution in [1.29, 1.82) is 0 Å². The van der Waals surface area contributed by atoms with Crippen molar-refractivity contribution in [3.8, 4) is 0 Å². The second-order valence-electron chi connectivity index (χ2n) is 2.42. The standard InChI is InChI=1S/C8H7ClF3NS/c9-3-4-14-7-2-1-6(5-13-7)8(10,11)12/h1-2,5H,3-4H2. The van der Waals surface area contributed by atoms with Crippen LogP contribution in [0, 0.1) is 0 Å². The Bertz CT molecular complexity index is 286. The van der Waals surface area contributed by atoms with E-state index in [1.165, 1.54) is 17.8 Å². The van der Waals surface area contributed by atoms with Crippen LogP contribution in [0.4, 0.5) is 13.2 Å². The molecule has 0 amide bonds. The highest BCUT2D eigenvalue weighted by atomic mass is 35.5. The highest BCUT2D eigenvalue weighted by Crippen LogP contribution is 2.29. The van der Waals surface area contributed by atoms with Gasteiger partial charge in [0.25, 0.3) is 0 Å². The highest BCUT2D eigenvalue weighted by Gasteiger charge is 2.30. The second kappa shape index (κ2) is 4.89. The van der Waals surface area contributed by atoms with Crippen molar-refractivity contribution in [2.45, 2.75) is 11.2 Å². The molecule has 1 aromatic rings. The molecule has 14 heavy (non-hydrogen) atoms. The summed E-state index contributed by atoms with van der Waals surface area (Å²) in [5.74, 6) is 1.09. The SMILES string of the molecule is FC(F)(F)c1ccc(SCCCl)nc1. The number of nitrogens with zero attached hydrogens (tertiary/aromatic N) is 1. The molecule has 0 radical (unpaired) electrons. The number of aromatic nitrogens is 1. The first-order valence-electron chi connectivity index (χ1n) is 3.76. The molecule has 6 heteroatoms. The molecule has 1 aromatic heterocycles. The average Bonchev–Trinajstić information content (AvgIpc) is 2.14. The van der Waals surface area contributed by atoms with E-state index >= 15 is 0 Å². The number of halogens is 4. The monoisotopic (exact) mass is 241 g/mol. The molecular weight excluding hydrogens is 235 g/mol. The molecule has 1 nitrogen and oxygen atoms in total. The zero-order valence-corrected chi connectivity index (χ0v) is 8.59. The van der Waals surface area contributed by atoms with Crippen molar-refractivity contribution in [1.82, 2.24) is 4.98 Å². The predicted molar refractivity (Wildman–Crippen MR) is 50.7 cm³/mol. The van der Waals surface area contributed by atoms with Crippen LogP contribution in [0.1, 0.15) is 5.56 Å². The van der Waals surface area contributed by atoms with Crippen molar-refractivity contribution in [2.24, 2.45) is 0 Å². The van der Waals surface area contributed by atoms with Gasteiger partial charge in [0.05, 0.1) is 10.6 Å². The lowest BCUT2D eigenvalue weighted by Crippen LogP contribution is -2.05. The molecule has 0 spiro atoms. The van der Waals surface area contributed by atoms with Crippen LogP contribution in [0.25, 0.3) is 0 Å². The van der Waals surface area contributed by atoms with Crippen molar-refractivity contribution >= 4 is 23.4 Å². The summed E-state index contributed by atoms with van der Waals surface area (Å²) < 4.78 is 36.3. The topological polar surface area (TPSA) is 12.9 Å². The van der Waals surface area contributed by atoms with E-state index in [1.807, 2.05) is 0 Å². The maximum atomic E-state index is 12.1. The number of hydrogen-bond donors (Lipinski definition) is 0. The molecule has 0 aliphatic carbocycles. The molecule has 1 heterocycles.